The lowest BCUT2D eigenvalue weighted by Crippen LogP contribution is -2.49. The summed E-state index contributed by atoms with van der Waals surface area (Å²) in [7, 11) is 0. The molecule has 1 aromatic rings. The van der Waals surface area contributed by atoms with E-state index >= 15 is 0 Å². The van der Waals surface area contributed by atoms with Crippen LogP contribution in [0.1, 0.15) is 37.0 Å². The van der Waals surface area contributed by atoms with Crippen LogP contribution in [0.25, 0.3) is 0 Å². The lowest BCUT2D eigenvalue weighted by atomic mass is 9.94. The molecule has 5 heteroatoms. The van der Waals surface area contributed by atoms with Gasteiger partial charge in [0.1, 0.15) is 0 Å². The molecular weight excluding hydrogens is 276 g/mol. The zero-order valence-electron chi connectivity index (χ0n) is 10.4. The monoisotopic (exact) mass is 291 g/mol. The van der Waals surface area contributed by atoms with Crippen LogP contribution in [0, 0.1) is 5.82 Å². The number of nitrogens with one attached hydrogen (secondary N) is 1. The Balaban J connectivity index is 2.98. The molecular formula is C13H16Cl2FNO. The molecule has 1 rings (SSSR count). The van der Waals surface area contributed by atoms with Crippen molar-refractivity contribution in [3.8, 4) is 0 Å². The number of carbonyl (C=O) groups excluding carboxylic acids is 1. The maximum absolute atomic E-state index is 13.7. The fourth-order valence-electron chi connectivity index (χ4n) is 1.64. The highest BCUT2D eigenvalue weighted by Crippen LogP contribution is 2.21. The number of hydrogen-bond acceptors (Lipinski definition) is 1. The zero-order valence-corrected chi connectivity index (χ0v) is 11.9. The van der Waals surface area contributed by atoms with Gasteiger partial charge in [-0.1, -0.05) is 31.5 Å². The summed E-state index contributed by atoms with van der Waals surface area (Å²) in [4.78, 5) is 12.0. The highest BCUT2D eigenvalue weighted by molar-refractivity contribution is 6.31. The summed E-state index contributed by atoms with van der Waals surface area (Å²) in [5.74, 6) is -0.903. The maximum Gasteiger partial charge on any atom is 0.254 e. The third-order valence-electron chi connectivity index (χ3n) is 3.18. The Morgan fingerprint density at radius 3 is 2.50 bits per heavy atom. The van der Waals surface area contributed by atoms with Gasteiger partial charge in [0, 0.05) is 5.88 Å². The van der Waals surface area contributed by atoms with Crippen molar-refractivity contribution in [1.29, 1.82) is 0 Å². The SMILES string of the molecule is CCC(CC)(CCl)NC(=O)c1cccc(Cl)c1F. The first-order valence-electron chi connectivity index (χ1n) is 5.82. The molecule has 0 saturated heterocycles. The largest absolute Gasteiger partial charge is 0.345 e. The summed E-state index contributed by atoms with van der Waals surface area (Å²) in [5, 5.41) is 2.73. The molecule has 0 unspecified atom stereocenters. The van der Waals surface area contributed by atoms with E-state index in [1.54, 1.807) is 6.07 Å². The fourth-order valence-corrected chi connectivity index (χ4v) is 2.26. The molecule has 0 aliphatic carbocycles. The lowest BCUT2D eigenvalue weighted by Gasteiger charge is -2.30. The van der Waals surface area contributed by atoms with E-state index in [1.807, 2.05) is 13.8 Å². The summed E-state index contributed by atoms with van der Waals surface area (Å²) in [6.07, 6.45) is 1.36. The highest BCUT2D eigenvalue weighted by atomic mass is 35.5. The first kappa shape index (κ1) is 15.3. The number of halogens is 3. The molecule has 2 nitrogen and oxygen atoms in total. The molecule has 1 aromatic carbocycles. The van der Waals surface area contributed by atoms with Crippen LogP contribution in [0.15, 0.2) is 18.2 Å². The molecule has 0 bridgehead atoms. The third kappa shape index (κ3) is 3.15. The molecule has 0 aliphatic heterocycles. The molecule has 0 radical (unpaired) electrons. The van der Waals surface area contributed by atoms with Gasteiger partial charge in [0.2, 0.25) is 0 Å². The molecule has 1 amide bonds. The summed E-state index contributed by atoms with van der Waals surface area (Å²) >= 11 is 11.5. The average Bonchev–Trinajstić information content (AvgIpc) is 2.39. The molecule has 18 heavy (non-hydrogen) atoms. The van der Waals surface area contributed by atoms with E-state index in [9.17, 15) is 9.18 Å². The number of amides is 1. The van der Waals surface area contributed by atoms with Gasteiger partial charge in [-0.15, -0.1) is 11.6 Å². The van der Waals surface area contributed by atoms with Crippen LogP contribution in [0.2, 0.25) is 5.02 Å². The van der Waals surface area contributed by atoms with E-state index in [4.69, 9.17) is 23.2 Å². The van der Waals surface area contributed by atoms with Gasteiger partial charge in [-0.05, 0) is 25.0 Å². The number of hydrogen-bond donors (Lipinski definition) is 1. The zero-order chi connectivity index (χ0) is 13.8. The van der Waals surface area contributed by atoms with Gasteiger partial charge in [-0.25, -0.2) is 4.39 Å². The van der Waals surface area contributed by atoms with Gasteiger partial charge in [0.15, 0.2) is 5.82 Å². The Morgan fingerprint density at radius 1 is 1.39 bits per heavy atom. The Morgan fingerprint density at radius 2 is 2.00 bits per heavy atom. The van der Waals surface area contributed by atoms with Crippen molar-refractivity contribution in [1.82, 2.24) is 5.32 Å². The van der Waals surface area contributed by atoms with E-state index in [0.29, 0.717) is 12.8 Å². The lowest BCUT2D eigenvalue weighted by molar-refractivity contribution is 0.0898. The Kier molecular flexibility index (Phi) is 5.42. The average molecular weight is 292 g/mol. The van der Waals surface area contributed by atoms with Crippen molar-refractivity contribution in [2.24, 2.45) is 0 Å². The van der Waals surface area contributed by atoms with Crippen LogP contribution in [-0.4, -0.2) is 17.3 Å². The molecule has 0 saturated carbocycles. The maximum atomic E-state index is 13.7. The van der Waals surface area contributed by atoms with Crippen molar-refractivity contribution >= 4 is 29.1 Å². The molecule has 0 spiro atoms. The summed E-state index contributed by atoms with van der Waals surface area (Å²) in [6, 6.07) is 4.35. The second kappa shape index (κ2) is 6.39. The number of alkyl halides is 1. The van der Waals surface area contributed by atoms with Crippen molar-refractivity contribution in [3.63, 3.8) is 0 Å². The minimum Gasteiger partial charge on any atom is -0.345 e. The predicted molar refractivity (Wildman–Crippen MR) is 72.9 cm³/mol. The minimum absolute atomic E-state index is 0.0566. The first-order chi connectivity index (χ1) is 8.49. The van der Waals surface area contributed by atoms with Crippen LogP contribution >= 0.6 is 23.2 Å². The van der Waals surface area contributed by atoms with Crippen molar-refractivity contribution in [2.45, 2.75) is 32.2 Å². The van der Waals surface area contributed by atoms with Crippen LogP contribution in [0.5, 0.6) is 0 Å². The second-order valence-electron chi connectivity index (χ2n) is 4.18. The standard InChI is InChI=1S/C13H16Cl2FNO/c1-3-13(4-2,8-14)17-12(18)9-6-5-7-10(15)11(9)16/h5-7H,3-4,8H2,1-2H3,(H,17,18). The van der Waals surface area contributed by atoms with Gasteiger partial charge in [-0.2, -0.15) is 0 Å². The molecule has 0 aliphatic rings. The molecule has 0 atom stereocenters. The molecule has 0 aromatic heterocycles. The van der Waals surface area contributed by atoms with Gasteiger partial charge in [0.25, 0.3) is 5.91 Å². The fraction of sp³-hybridized carbons (Fsp3) is 0.462. The minimum atomic E-state index is -0.702. The van der Waals surface area contributed by atoms with Crippen LogP contribution in [0.3, 0.4) is 0 Å². The molecule has 0 heterocycles. The van der Waals surface area contributed by atoms with Crippen molar-refractivity contribution in [2.75, 3.05) is 5.88 Å². The quantitative estimate of drug-likeness (QED) is 0.816. The topological polar surface area (TPSA) is 29.1 Å². The Hall–Kier alpha value is -0.800. The molecule has 0 fully saturated rings. The second-order valence-corrected chi connectivity index (χ2v) is 4.85. The predicted octanol–water partition coefficient (Wildman–Crippen LogP) is 4.01. The molecule has 100 valence electrons. The van der Waals surface area contributed by atoms with Gasteiger partial charge in [-0.3, -0.25) is 4.79 Å². The van der Waals surface area contributed by atoms with Crippen LogP contribution < -0.4 is 5.32 Å². The summed E-state index contributed by atoms with van der Waals surface area (Å²) in [5.41, 5.74) is -0.563. The smallest absolute Gasteiger partial charge is 0.254 e. The summed E-state index contributed by atoms with van der Waals surface area (Å²) < 4.78 is 13.7. The number of rotatable bonds is 5. The molecule has 1 N–H and O–H groups in total. The van der Waals surface area contributed by atoms with Crippen LogP contribution in [-0.2, 0) is 0 Å². The van der Waals surface area contributed by atoms with Gasteiger partial charge < -0.3 is 5.32 Å². The van der Waals surface area contributed by atoms with Gasteiger partial charge >= 0.3 is 0 Å². The number of benzene rings is 1. The number of carbonyl (C=O) groups is 1. The van der Waals surface area contributed by atoms with E-state index in [1.165, 1.54) is 12.1 Å². The van der Waals surface area contributed by atoms with E-state index < -0.39 is 17.3 Å². The normalized spacial score (nSPS) is 11.4. The highest BCUT2D eigenvalue weighted by Gasteiger charge is 2.28. The van der Waals surface area contributed by atoms with Crippen molar-refractivity contribution in [3.05, 3.63) is 34.6 Å². The van der Waals surface area contributed by atoms with Crippen molar-refractivity contribution < 1.29 is 9.18 Å². The summed E-state index contributed by atoms with van der Waals surface area (Å²) in [6.45, 7) is 3.86. The van der Waals surface area contributed by atoms with E-state index in [0.717, 1.165) is 0 Å². The Labute approximate surface area is 116 Å². The third-order valence-corrected chi connectivity index (χ3v) is 3.99. The van der Waals surface area contributed by atoms with E-state index in [-0.39, 0.29) is 16.5 Å². The Bertz CT molecular complexity index is 425. The first-order valence-corrected chi connectivity index (χ1v) is 6.73. The van der Waals surface area contributed by atoms with Crippen LogP contribution in [0.4, 0.5) is 4.39 Å². The van der Waals surface area contributed by atoms with E-state index in [2.05, 4.69) is 5.32 Å². The van der Waals surface area contributed by atoms with Gasteiger partial charge in [0.05, 0.1) is 16.1 Å².